The van der Waals surface area contributed by atoms with E-state index in [1.807, 2.05) is 6.07 Å². The van der Waals surface area contributed by atoms with Gasteiger partial charge in [0.25, 0.3) is 11.4 Å². The van der Waals surface area contributed by atoms with Gasteiger partial charge in [0.15, 0.2) is 0 Å². The Morgan fingerprint density at radius 1 is 1.00 bits per heavy atom. The Bertz CT molecular complexity index is 750. The van der Waals surface area contributed by atoms with Gasteiger partial charge >= 0.3 is 0 Å². The van der Waals surface area contributed by atoms with Crippen molar-refractivity contribution in [2.45, 2.75) is 0 Å². The summed E-state index contributed by atoms with van der Waals surface area (Å²) in [6.45, 7) is 0. The second-order valence-electron chi connectivity index (χ2n) is 3.91. The maximum atomic E-state index is 11.0. The monoisotopic (exact) mass is 269 g/mol. The maximum Gasteiger partial charge on any atom is 0.284 e. The van der Waals surface area contributed by atoms with Crippen molar-refractivity contribution >= 4 is 11.4 Å². The number of nitrogens with zero attached hydrogens (tertiary/aromatic N) is 3. The molecule has 7 heteroatoms. The third-order valence-corrected chi connectivity index (χ3v) is 2.69. The van der Waals surface area contributed by atoms with Crippen LogP contribution in [-0.2, 0) is 0 Å². The Labute approximate surface area is 113 Å². The Hall–Kier alpha value is -3.27. The first-order valence-electron chi connectivity index (χ1n) is 5.46. The van der Waals surface area contributed by atoms with Gasteiger partial charge in [0.1, 0.15) is 0 Å². The van der Waals surface area contributed by atoms with Gasteiger partial charge < -0.3 is 0 Å². The molecule has 98 valence electrons. The predicted octanol–water partition coefficient (Wildman–Crippen LogP) is 3.04. The molecule has 2 rings (SSSR count). The van der Waals surface area contributed by atoms with Crippen molar-refractivity contribution in [1.29, 1.82) is 5.26 Å². The SMILES string of the molecule is N#Cc1cccc(-c2ccc([N+](=O)[O-])cc2[N+](=O)[O-])c1. The molecule has 20 heavy (non-hydrogen) atoms. The minimum absolute atomic E-state index is 0.234. The van der Waals surface area contributed by atoms with Gasteiger partial charge in [-0.25, -0.2) is 0 Å². The quantitative estimate of drug-likeness (QED) is 0.628. The summed E-state index contributed by atoms with van der Waals surface area (Å²) in [6, 6.07) is 11.6. The molecule has 0 radical (unpaired) electrons. The Morgan fingerprint density at radius 2 is 1.75 bits per heavy atom. The normalized spacial score (nSPS) is 9.75. The predicted molar refractivity (Wildman–Crippen MR) is 69.9 cm³/mol. The lowest BCUT2D eigenvalue weighted by Gasteiger charge is -2.03. The molecule has 0 amide bonds. The number of nitro benzene ring substituents is 2. The van der Waals surface area contributed by atoms with E-state index in [1.165, 1.54) is 18.2 Å². The van der Waals surface area contributed by atoms with E-state index in [0.717, 1.165) is 6.07 Å². The molecule has 0 atom stereocenters. The molecule has 7 nitrogen and oxygen atoms in total. The highest BCUT2D eigenvalue weighted by molar-refractivity contribution is 5.76. The lowest BCUT2D eigenvalue weighted by Crippen LogP contribution is -1.95. The van der Waals surface area contributed by atoms with Gasteiger partial charge in [-0.1, -0.05) is 12.1 Å². The van der Waals surface area contributed by atoms with E-state index in [4.69, 9.17) is 5.26 Å². The van der Waals surface area contributed by atoms with E-state index in [0.29, 0.717) is 11.1 Å². The molecule has 0 heterocycles. The van der Waals surface area contributed by atoms with Crippen molar-refractivity contribution in [3.05, 3.63) is 68.3 Å². The number of rotatable bonds is 3. The van der Waals surface area contributed by atoms with Crippen LogP contribution in [0.1, 0.15) is 5.56 Å². The van der Waals surface area contributed by atoms with E-state index in [1.54, 1.807) is 18.2 Å². The van der Waals surface area contributed by atoms with Crippen LogP contribution in [0.4, 0.5) is 11.4 Å². The Balaban J connectivity index is 2.64. The van der Waals surface area contributed by atoms with Crippen LogP contribution in [0, 0.1) is 31.6 Å². The third kappa shape index (κ3) is 2.44. The topological polar surface area (TPSA) is 110 Å². The molecule has 0 aliphatic rings. The van der Waals surface area contributed by atoms with Crippen molar-refractivity contribution in [3.63, 3.8) is 0 Å². The summed E-state index contributed by atoms with van der Waals surface area (Å²) >= 11 is 0. The Morgan fingerprint density at radius 3 is 2.35 bits per heavy atom. The maximum absolute atomic E-state index is 11.0. The second-order valence-corrected chi connectivity index (χ2v) is 3.91. The van der Waals surface area contributed by atoms with Crippen molar-refractivity contribution in [2.75, 3.05) is 0 Å². The van der Waals surface area contributed by atoms with Crippen LogP contribution in [-0.4, -0.2) is 9.85 Å². The van der Waals surface area contributed by atoms with E-state index >= 15 is 0 Å². The summed E-state index contributed by atoms with van der Waals surface area (Å²) in [5.74, 6) is 0. The summed E-state index contributed by atoms with van der Waals surface area (Å²) in [5.41, 5.74) is 0.338. The first-order valence-corrected chi connectivity index (χ1v) is 5.46. The molecule has 0 spiro atoms. The zero-order valence-corrected chi connectivity index (χ0v) is 10.0. The first kappa shape index (κ1) is 13.2. The fraction of sp³-hybridized carbons (Fsp3) is 0. The highest BCUT2D eigenvalue weighted by atomic mass is 16.6. The fourth-order valence-electron chi connectivity index (χ4n) is 1.79. The van der Waals surface area contributed by atoms with Gasteiger partial charge in [-0.3, -0.25) is 20.2 Å². The molecule has 0 N–H and O–H groups in total. The Kier molecular flexibility index (Phi) is 3.39. The van der Waals surface area contributed by atoms with Gasteiger partial charge in [-0.05, 0) is 23.8 Å². The number of hydrogen-bond acceptors (Lipinski definition) is 5. The molecule has 0 bridgehead atoms. The molecule has 0 saturated carbocycles. The lowest BCUT2D eigenvalue weighted by atomic mass is 10.0. The summed E-state index contributed by atoms with van der Waals surface area (Å²) in [7, 11) is 0. The highest BCUT2D eigenvalue weighted by Crippen LogP contribution is 2.33. The van der Waals surface area contributed by atoms with E-state index in [-0.39, 0.29) is 16.9 Å². The van der Waals surface area contributed by atoms with Gasteiger partial charge in [-0.2, -0.15) is 5.26 Å². The summed E-state index contributed by atoms with van der Waals surface area (Å²) in [6.07, 6.45) is 0. The number of hydrogen-bond donors (Lipinski definition) is 0. The van der Waals surface area contributed by atoms with Crippen LogP contribution >= 0.6 is 0 Å². The number of non-ortho nitro benzene ring substituents is 1. The molecule has 0 aliphatic carbocycles. The third-order valence-electron chi connectivity index (χ3n) is 2.69. The second kappa shape index (κ2) is 5.16. The van der Waals surface area contributed by atoms with Gasteiger partial charge in [0, 0.05) is 6.07 Å². The number of nitriles is 1. The van der Waals surface area contributed by atoms with Crippen LogP contribution in [0.25, 0.3) is 11.1 Å². The van der Waals surface area contributed by atoms with Crippen molar-refractivity contribution in [2.24, 2.45) is 0 Å². The summed E-state index contributed by atoms with van der Waals surface area (Å²) in [4.78, 5) is 20.3. The average Bonchev–Trinajstić information content (AvgIpc) is 2.46. The summed E-state index contributed by atoms with van der Waals surface area (Å²) in [5, 5.41) is 30.5. The highest BCUT2D eigenvalue weighted by Gasteiger charge is 2.20. The zero-order valence-electron chi connectivity index (χ0n) is 10.0. The smallest absolute Gasteiger partial charge is 0.258 e. The average molecular weight is 269 g/mol. The van der Waals surface area contributed by atoms with E-state index in [2.05, 4.69) is 0 Å². The molecule has 2 aromatic carbocycles. The molecule has 0 aromatic heterocycles. The molecule has 2 aromatic rings. The van der Waals surface area contributed by atoms with Crippen LogP contribution in [0.3, 0.4) is 0 Å². The van der Waals surface area contributed by atoms with Gasteiger partial charge in [0.05, 0.1) is 33.1 Å². The van der Waals surface area contributed by atoms with Crippen molar-refractivity contribution in [1.82, 2.24) is 0 Å². The van der Waals surface area contributed by atoms with Gasteiger partial charge in [0.2, 0.25) is 0 Å². The van der Waals surface area contributed by atoms with Crippen molar-refractivity contribution in [3.8, 4) is 17.2 Å². The van der Waals surface area contributed by atoms with Crippen LogP contribution in [0.2, 0.25) is 0 Å². The fourth-order valence-corrected chi connectivity index (χ4v) is 1.79. The van der Waals surface area contributed by atoms with Crippen LogP contribution < -0.4 is 0 Å². The molecule has 0 saturated heterocycles. The standard InChI is InChI=1S/C13H7N3O4/c14-8-9-2-1-3-10(6-9)12-5-4-11(15(17)18)7-13(12)16(19)20/h1-7H. The minimum atomic E-state index is -0.692. The molecule has 0 aliphatic heterocycles. The molecule has 0 unspecified atom stereocenters. The van der Waals surface area contributed by atoms with Crippen LogP contribution in [0.5, 0.6) is 0 Å². The van der Waals surface area contributed by atoms with Crippen molar-refractivity contribution < 1.29 is 9.85 Å². The number of nitro groups is 2. The van der Waals surface area contributed by atoms with Crippen LogP contribution in [0.15, 0.2) is 42.5 Å². The summed E-state index contributed by atoms with van der Waals surface area (Å²) < 4.78 is 0. The van der Waals surface area contributed by atoms with E-state index in [9.17, 15) is 20.2 Å². The number of benzene rings is 2. The van der Waals surface area contributed by atoms with Gasteiger partial charge in [-0.15, -0.1) is 0 Å². The molecular formula is C13H7N3O4. The minimum Gasteiger partial charge on any atom is -0.258 e. The van der Waals surface area contributed by atoms with E-state index < -0.39 is 9.85 Å². The first-order chi connectivity index (χ1) is 9.52. The molecular weight excluding hydrogens is 262 g/mol. The zero-order chi connectivity index (χ0) is 14.7. The molecule has 0 fully saturated rings. The largest absolute Gasteiger partial charge is 0.284 e. The lowest BCUT2D eigenvalue weighted by molar-refractivity contribution is -0.393.